The first-order chi connectivity index (χ1) is 13.3. The molecule has 0 radical (unpaired) electrons. The molecule has 0 amide bonds. The fourth-order valence-electron chi connectivity index (χ4n) is 4.41. The number of fused-ring (bicyclic) bond motifs is 1. The normalized spacial score (nSPS) is 17.3. The number of hydrogen-bond acceptors (Lipinski definition) is 3. The molecule has 2 N–H and O–H groups in total. The molecule has 0 spiro atoms. The van der Waals surface area contributed by atoms with Crippen LogP contribution in [0.5, 0.6) is 0 Å². The Kier molecular flexibility index (Phi) is 4.75. The number of nitrogens with one attached hydrogen (secondary N) is 2. The highest BCUT2D eigenvalue weighted by Crippen LogP contribution is 2.47. The molecule has 0 fully saturated rings. The van der Waals surface area contributed by atoms with E-state index in [-0.39, 0.29) is 11.8 Å². The van der Waals surface area contributed by atoms with Crippen LogP contribution in [0.1, 0.15) is 51.8 Å². The fraction of sp³-hybridized carbons (Fsp3) is 0.318. The molecule has 3 aromatic rings. The Morgan fingerprint density at radius 3 is 2.75 bits per heavy atom. The van der Waals surface area contributed by atoms with Gasteiger partial charge >= 0.3 is 0 Å². The maximum absolute atomic E-state index is 11.7. The molecule has 2 atom stereocenters. The Hall–Kier alpha value is -2.60. The average molecular weight is 396 g/mol. The summed E-state index contributed by atoms with van der Waals surface area (Å²) in [4.78, 5) is 7.59. The predicted molar refractivity (Wildman–Crippen MR) is 112 cm³/mol. The van der Waals surface area contributed by atoms with E-state index in [4.69, 9.17) is 0 Å². The lowest BCUT2D eigenvalue weighted by atomic mass is 9.78. The van der Waals surface area contributed by atoms with Crippen molar-refractivity contribution in [2.75, 3.05) is 11.0 Å². The second-order valence-corrected chi connectivity index (χ2v) is 9.46. The van der Waals surface area contributed by atoms with Gasteiger partial charge in [-0.2, -0.15) is 0 Å². The maximum atomic E-state index is 11.7. The standard InChI is InChI=1S/C22H25N3O2S/c1-14-5-4-6-18(15(14)2)22(21-12-23-13-24-21)19-10-8-16-7-9-17(11-20(16)19)25-28(3,26)27/h4-7,9,11-13,19,22,25H,8,10H2,1-3H3,(H,23,24). The molecule has 146 valence electrons. The van der Waals surface area contributed by atoms with Crippen LogP contribution in [0.15, 0.2) is 48.9 Å². The number of H-pyrrole nitrogens is 1. The lowest BCUT2D eigenvalue weighted by Crippen LogP contribution is -2.14. The summed E-state index contributed by atoms with van der Waals surface area (Å²) in [7, 11) is -3.31. The minimum absolute atomic E-state index is 0.150. The van der Waals surface area contributed by atoms with Gasteiger partial charge in [0.15, 0.2) is 0 Å². The average Bonchev–Trinajstić information content (AvgIpc) is 3.28. The molecule has 2 aromatic carbocycles. The largest absolute Gasteiger partial charge is 0.348 e. The Morgan fingerprint density at radius 2 is 2.04 bits per heavy atom. The Morgan fingerprint density at radius 1 is 1.21 bits per heavy atom. The number of benzene rings is 2. The minimum atomic E-state index is -3.31. The zero-order valence-electron chi connectivity index (χ0n) is 16.4. The summed E-state index contributed by atoms with van der Waals surface area (Å²) in [6.45, 7) is 4.31. The summed E-state index contributed by atoms with van der Waals surface area (Å²) >= 11 is 0. The van der Waals surface area contributed by atoms with Crippen molar-refractivity contribution in [1.29, 1.82) is 0 Å². The molecule has 0 saturated carbocycles. The zero-order chi connectivity index (χ0) is 19.9. The summed E-state index contributed by atoms with van der Waals surface area (Å²) in [6, 6.07) is 12.4. The van der Waals surface area contributed by atoms with Crippen LogP contribution < -0.4 is 4.72 Å². The van der Waals surface area contributed by atoms with Crippen molar-refractivity contribution in [1.82, 2.24) is 9.97 Å². The van der Waals surface area contributed by atoms with Crippen molar-refractivity contribution in [2.45, 2.75) is 38.5 Å². The van der Waals surface area contributed by atoms with Crippen molar-refractivity contribution in [3.63, 3.8) is 0 Å². The molecular weight excluding hydrogens is 370 g/mol. The van der Waals surface area contributed by atoms with E-state index >= 15 is 0 Å². The first kappa shape index (κ1) is 18.7. The van der Waals surface area contributed by atoms with E-state index in [2.05, 4.69) is 52.8 Å². The van der Waals surface area contributed by atoms with Crippen LogP contribution >= 0.6 is 0 Å². The third-order valence-corrected chi connectivity index (χ3v) is 6.42. The number of aromatic amines is 1. The zero-order valence-corrected chi connectivity index (χ0v) is 17.2. The van der Waals surface area contributed by atoms with Crippen LogP contribution in [0.3, 0.4) is 0 Å². The minimum Gasteiger partial charge on any atom is -0.348 e. The molecule has 4 rings (SSSR count). The number of imidazole rings is 1. The van der Waals surface area contributed by atoms with Gasteiger partial charge in [-0.25, -0.2) is 13.4 Å². The molecule has 1 aliphatic rings. The maximum Gasteiger partial charge on any atom is 0.229 e. The highest BCUT2D eigenvalue weighted by atomic mass is 32.2. The number of anilines is 1. The van der Waals surface area contributed by atoms with Crippen LogP contribution in [0, 0.1) is 13.8 Å². The van der Waals surface area contributed by atoms with Crippen molar-refractivity contribution in [2.24, 2.45) is 0 Å². The lowest BCUT2D eigenvalue weighted by molar-refractivity contribution is 0.586. The van der Waals surface area contributed by atoms with Crippen molar-refractivity contribution in [3.8, 4) is 0 Å². The van der Waals surface area contributed by atoms with Gasteiger partial charge in [-0.15, -0.1) is 0 Å². The topological polar surface area (TPSA) is 74.8 Å². The Balaban J connectivity index is 1.82. The quantitative estimate of drug-likeness (QED) is 0.678. The van der Waals surface area contributed by atoms with Gasteiger partial charge in [0.05, 0.1) is 12.6 Å². The molecule has 2 unspecified atom stereocenters. The molecule has 0 aliphatic heterocycles. The van der Waals surface area contributed by atoms with Gasteiger partial charge in [-0.05, 0) is 72.6 Å². The highest BCUT2D eigenvalue weighted by Gasteiger charge is 2.34. The third kappa shape index (κ3) is 3.56. The number of rotatable bonds is 5. The van der Waals surface area contributed by atoms with E-state index in [1.54, 1.807) is 6.33 Å². The van der Waals surface area contributed by atoms with Crippen LogP contribution in [-0.4, -0.2) is 24.6 Å². The molecule has 28 heavy (non-hydrogen) atoms. The van der Waals surface area contributed by atoms with Gasteiger partial charge in [0.25, 0.3) is 0 Å². The molecule has 1 aromatic heterocycles. The number of sulfonamides is 1. The van der Waals surface area contributed by atoms with Crippen LogP contribution in [0.2, 0.25) is 0 Å². The first-order valence-corrected chi connectivity index (χ1v) is 11.4. The van der Waals surface area contributed by atoms with E-state index in [1.165, 1.54) is 34.1 Å². The molecule has 0 saturated heterocycles. The van der Waals surface area contributed by atoms with Gasteiger partial charge in [0, 0.05) is 23.5 Å². The van der Waals surface area contributed by atoms with Crippen LogP contribution in [0.4, 0.5) is 5.69 Å². The summed E-state index contributed by atoms with van der Waals surface area (Å²) in [6.07, 6.45) is 6.83. The second-order valence-electron chi connectivity index (χ2n) is 7.71. The summed E-state index contributed by atoms with van der Waals surface area (Å²) in [5.41, 5.74) is 8.08. The van der Waals surface area contributed by atoms with Gasteiger partial charge in [0.2, 0.25) is 10.0 Å². The predicted octanol–water partition coefficient (Wildman–Crippen LogP) is 4.26. The summed E-state index contributed by atoms with van der Waals surface area (Å²) in [5.74, 6) is 0.411. The SMILES string of the molecule is Cc1cccc(C(c2cnc[nH]2)C2CCc3ccc(NS(C)(=O)=O)cc32)c1C. The van der Waals surface area contributed by atoms with Gasteiger partial charge < -0.3 is 4.98 Å². The molecule has 6 heteroatoms. The van der Waals surface area contributed by atoms with Crippen LogP contribution in [0.25, 0.3) is 0 Å². The summed E-state index contributed by atoms with van der Waals surface area (Å²) in [5, 5.41) is 0. The highest BCUT2D eigenvalue weighted by molar-refractivity contribution is 7.92. The fourth-order valence-corrected chi connectivity index (χ4v) is 4.96. The van der Waals surface area contributed by atoms with Crippen LogP contribution in [-0.2, 0) is 16.4 Å². The van der Waals surface area contributed by atoms with E-state index in [0.29, 0.717) is 5.69 Å². The number of hydrogen-bond donors (Lipinski definition) is 2. The smallest absolute Gasteiger partial charge is 0.229 e. The van der Waals surface area contributed by atoms with Crippen molar-refractivity contribution >= 4 is 15.7 Å². The Bertz CT molecular complexity index is 1100. The number of aromatic nitrogens is 2. The summed E-state index contributed by atoms with van der Waals surface area (Å²) < 4.78 is 26.0. The van der Waals surface area contributed by atoms with E-state index < -0.39 is 10.0 Å². The molecule has 0 bridgehead atoms. The number of nitrogens with zero attached hydrogens (tertiary/aromatic N) is 1. The second kappa shape index (κ2) is 7.09. The van der Waals surface area contributed by atoms with Gasteiger partial charge in [-0.1, -0.05) is 24.3 Å². The van der Waals surface area contributed by atoms with Crippen molar-refractivity contribution < 1.29 is 8.42 Å². The monoisotopic (exact) mass is 395 g/mol. The molecule has 1 heterocycles. The van der Waals surface area contributed by atoms with Gasteiger partial charge in [-0.3, -0.25) is 4.72 Å². The van der Waals surface area contributed by atoms with Gasteiger partial charge in [0.1, 0.15) is 0 Å². The molecular formula is C22H25N3O2S. The van der Waals surface area contributed by atoms with Crippen molar-refractivity contribution in [3.05, 3.63) is 82.4 Å². The van der Waals surface area contributed by atoms with E-state index in [1.807, 2.05) is 18.3 Å². The third-order valence-electron chi connectivity index (χ3n) is 5.81. The first-order valence-electron chi connectivity index (χ1n) is 9.48. The molecule has 5 nitrogen and oxygen atoms in total. The lowest BCUT2D eigenvalue weighted by Gasteiger charge is -2.26. The Labute approximate surface area is 166 Å². The number of aryl methyl sites for hydroxylation is 2. The van der Waals surface area contributed by atoms with E-state index in [9.17, 15) is 8.42 Å². The van der Waals surface area contributed by atoms with E-state index in [0.717, 1.165) is 18.5 Å². The molecule has 1 aliphatic carbocycles.